The van der Waals surface area contributed by atoms with Gasteiger partial charge in [-0.2, -0.15) is 0 Å². The fraction of sp³-hybridized carbons (Fsp3) is 0.385. The van der Waals surface area contributed by atoms with Crippen LogP contribution in [0.3, 0.4) is 0 Å². The number of likely N-dealkylation sites (tertiary alicyclic amines) is 1. The van der Waals surface area contributed by atoms with Crippen LogP contribution in [0.1, 0.15) is 42.4 Å². The summed E-state index contributed by atoms with van der Waals surface area (Å²) in [6, 6.07) is 5.20. The lowest BCUT2D eigenvalue weighted by Crippen LogP contribution is -2.51. The fourth-order valence-corrected chi connectivity index (χ4v) is 5.64. The predicted octanol–water partition coefficient (Wildman–Crippen LogP) is 4.82. The molecule has 2 aliphatic heterocycles. The monoisotopic (exact) mass is 525 g/mol. The number of aromatic nitrogens is 3. The number of anilines is 2. The molecule has 2 aliphatic rings. The Morgan fingerprint density at radius 2 is 1.75 bits per heavy atom. The average Bonchev–Trinajstić information content (AvgIpc) is 3.24. The first-order chi connectivity index (χ1) is 17.4. The molecule has 0 aliphatic carbocycles. The summed E-state index contributed by atoms with van der Waals surface area (Å²) in [5.41, 5.74) is 9.02. The quantitative estimate of drug-likeness (QED) is 0.351. The Hall–Kier alpha value is -2.94. The number of pyridine rings is 1. The van der Waals surface area contributed by atoms with Crippen LogP contribution in [0.5, 0.6) is 5.75 Å². The van der Waals surface area contributed by atoms with Gasteiger partial charge in [0.1, 0.15) is 12.4 Å². The molecule has 2 aromatic heterocycles. The lowest BCUT2D eigenvalue weighted by molar-refractivity contribution is 0.137. The Bertz CT molecular complexity index is 1240. The van der Waals surface area contributed by atoms with Crippen LogP contribution in [0.25, 0.3) is 0 Å². The van der Waals surface area contributed by atoms with Gasteiger partial charge in [-0.25, -0.2) is 9.97 Å². The van der Waals surface area contributed by atoms with E-state index in [1.807, 2.05) is 0 Å². The summed E-state index contributed by atoms with van der Waals surface area (Å²) in [5, 5.41) is 9.60. The van der Waals surface area contributed by atoms with E-state index in [4.69, 9.17) is 39.1 Å². The van der Waals surface area contributed by atoms with E-state index in [1.54, 1.807) is 30.6 Å². The van der Waals surface area contributed by atoms with Gasteiger partial charge in [0.25, 0.3) is 0 Å². The second kappa shape index (κ2) is 10.2. The average molecular weight is 526 g/mol. The van der Waals surface area contributed by atoms with Crippen molar-refractivity contribution in [3.05, 3.63) is 69.7 Å². The van der Waals surface area contributed by atoms with E-state index in [0.717, 1.165) is 25.9 Å². The molecule has 0 unspecified atom stereocenters. The van der Waals surface area contributed by atoms with Crippen LogP contribution in [-0.4, -0.2) is 57.8 Å². The van der Waals surface area contributed by atoms with Crippen LogP contribution < -0.4 is 15.4 Å². The molecule has 0 saturated carbocycles. The molecule has 1 aromatic carbocycles. The predicted molar refractivity (Wildman–Crippen MR) is 143 cm³/mol. The van der Waals surface area contributed by atoms with Gasteiger partial charge in [0.2, 0.25) is 5.95 Å². The molecule has 5 rings (SSSR count). The van der Waals surface area contributed by atoms with Gasteiger partial charge in [0.05, 0.1) is 15.8 Å². The Kier molecular flexibility index (Phi) is 7.01. The summed E-state index contributed by atoms with van der Waals surface area (Å²) < 4.78 is 5.89. The molecule has 36 heavy (non-hydrogen) atoms. The highest BCUT2D eigenvalue weighted by molar-refractivity contribution is 6.35. The van der Waals surface area contributed by atoms with E-state index >= 15 is 0 Å². The molecule has 3 N–H and O–H groups in total. The number of rotatable bonds is 6. The first-order valence-corrected chi connectivity index (χ1v) is 12.8. The minimum Gasteiger partial charge on any atom is -0.489 e. The highest BCUT2D eigenvalue weighted by atomic mass is 35.5. The minimum atomic E-state index is 0.168. The Morgan fingerprint density at radius 1 is 1.06 bits per heavy atom. The molecule has 2 fully saturated rings. The molecule has 8 nitrogen and oxygen atoms in total. The molecule has 2 saturated heterocycles. The van der Waals surface area contributed by atoms with Gasteiger partial charge in [0.15, 0.2) is 0 Å². The molecule has 4 heterocycles. The van der Waals surface area contributed by atoms with E-state index in [2.05, 4.69) is 31.8 Å². The zero-order valence-corrected chi connectivity index (χ0v) is 21.7. The van der Waals surface area contributed by atoms with E-state index < -0.39 is 0 Å². The van der Waals surface area contributed by atoms with Crippen LogP contribution in [0.4, 0.5) is 11.6 Å². The summed E-state index contributed by atoms with van der Waals surface area (Å²) in [6.45, 7) is 3.24. The van der Waals surface area contributed by atoms with E-state index in [1.165, 1.54) is 31.8 Å². The number of nitrogen functional groups attached to an aromatic ring is 1. The smallest absolute Gasteiger partial charge is 0.225 e. The first-order valence-electron chi connectivity index (χ1n) is 12.0. The van der Waals surface area contributed by atoms with Crippen LogP contribution in [0.15, 0.2) is 43.0 Å². The summed E-state index contributed by atoms with van der Waals surface area (Å²) >= 11 is 12.4. The minimum absolute atomic E-state index is 0.168. The largest absolute Gasteiger partial charge is 0.489 e. The van der Waals surface area contributed by atoms with Crippen LogP contribution in [0.2, 0.25) is 10.0 Å². The Morgan fingerprint density at radius 3 is 2.39 bits per heavy atom. The molecule has 1 spiro atoms. The molecule has 188 valence electrons. The van der Waals surface area contributed by atoms with Crippen molar-refractivity contribution < 1.29 is 4.74 Å². The van der Waals surface area contributed by atoms with Crippen molar-refractivity contribution in [2.24, 2.45) is 0 Å². The number of nitrogens with one attached hydrogen (secondary N) is 1. The van der Waals surface area contributed by atoms with Gasteiger partial charge in [-0.15, -0.1) is 0 Å². The number of nitrogens with zero attached hydrogens (tertiary/aromatic N) is 5. The number of ether oxygens (including phenoxy) is 1. The zero-order valence-electron chi connectivity index (χ0n) is 20.2. The lowest BCUT2D eigenvalue weighted by atomic mass is 9.85. The number of nitrogens with two attached hydrogens (primary N) is 1. The van der Waals surface area contributed by atoms with Crippen molar-refractivity contribution in [3.63, 3.8) is 0 Å². The van der Waals surface area contributed by atoms with Crippen molar-refractivity contribution in [2.45, 2.75) is 37.8 Å². The van der Waals surface area contributed by atoms with E-state index in [-0.39, 0.29) is 12.3 Å². The standard InChI is InChI=1S/C26H29Cl2N7O/c1-34-8-2-5-26(34)6-9-35(10-7-26)25-32-12-17(13-33-25)24(30)19-11-18(3-4-23(19)29)36-16-20-21(27)14-31-15-22(20)28/h3-4,11-15,30H,2,5-10,16,29H2,1H3. The second-order valence-electron chi connectivity index (χ2n) is 9.50. The van der Waals surface area contributed by atoms with Crippen molar-refractivity contribution in [1.82, 2.24) is 19.9 Å². The van der Waals surface area contributed by atoms with Gasteiger partial charge in [-0.3, -0.25) is 10.4 Å². The third-order valence-corrected chi connectivity index (χ3v) is 8.13. The number of hydrogen-bond donors (Lipinski definition) is 2. The first kappa shape index (κ1) is 24.7. The zero-order chi connectivity index (χ0) is 25.3. The highest BCUT2D eigenvalue weighted by Gasteiger charge is 2.41. The van der Waals surface area contributed by atoms with Gasteiger partial charge in [-0.05, 0) is 57.5 Å². The van der Waals surface area contributed by atoms with Gasteiger partial charge >= 0.3 is 0 Å². The fourth-order valence-electron chi connectivity index (χ4n) is 5.17. The third-order valence-electron chi connectivity index (χ3n) is 7.48. The summed E-state index contributed by atoms with van der Waals surface area (Å²) in [7, 11) is 2.24. The number of piperidine rings is 1. The molecular weight excluding hydrogens is 497 g/mol. The molecular formula is C26H29Cl2N7O. The topological polar surface area (TPSA) is 104 Å². The van der Waals surface area contributed by atoms with Crippen LogP contribution in [-0.2, 0) is 6.61 Å². The van der Waals surface area contributed by atoms with Gasteiger partial charge < -0.3 is 20.3 Å². The Balaban J connectivity index is 1.26. The normalized spacial score (nSPS) is 17.5. The SMILES string of the molecule is CN1CCCC12CCN(c1ncc(C(=N)c3cc(OCc4c(Cl)cncc4Cl)ccc3N)cn1)CC2. The van der Waals surface area contributed by atoms with Crippen molar-refractivity contribution >= 4 is 40.5 Å². The highest BCUT2D eigenvalue weighted by Crippen LogP contribution is 2.37. The number of hydrogen-bond acceptors (Lipinski definition) is 8. The maximum Gasteiger partial charge on any atom is 0.225 e. The number of halogens is 2. The van der Waals surface area contributed by atoms with Crippen molar-refractivity contribution in [2.75, 3.05) is 37.3 Å². The molecule has 0 atom stereocenters. The van der Waals surface area contributed by atoms with Crippen LogP contribution >= 0.6 is 23.2 Å². The maximum absolute atomic E-state index is 8.73. The lowest BCUT2D eigenvalue weighted by Gasteiger charge is -2.43. The third kappa shape index (κ3) is 4.85. The molecule has 0 radical (unpaired) electrons. The van der Waals surface area contributed by atoms with Gasteiger partial charge in [-0.1, -0.05) is 23.2 Å². The van der Waals surface area contributed by atoms with E-state index in [9.17, 15) is 0 Å². The maximum atomic E-state index is 8.73. The summed E-state index contributed by atoms with van der Waals surface area (Å²) in [6.07, 6.45) is 11.3. The number of benzene rings is 1. The van der Waals surface area contributed by atoms with Gasteiger partial charge in [0, 0.05) is 65.8 Å². The molecule has 0 bridgehead atoms. The summed E-state index contributed by atoms with van der Waals surface area (Å²) in [4.78, 5) is 17.9. The second-order valence-corrected chi connectivity index (χ2v) is 10.3. The molecule has 10 heteroatoms. The van der Waals surface area contributed by atoms with Crippen molar-refractivity contribution in [3.8, 4) is 5.75 Å². The molecule has 3 aromatic rings. The van der Waals surface area contributed by atoms with Crippen LogP contribution in [0, 0.1) is 5.41 Å². The summed E-state index contributed by atoms with van der Waals surface area (Å²) in [5.74, 6) is 1.25. The molecule has 0 amide bonds. The van der Waals surface area contributed by atoms with E-state index in [0.29, 0.717) is 49.7 Å². The Labute approximate surface area is 220 Å². The van der Waals surface area contributed by atoms with Crippen molar-refractivity contribution in [1.29, 1.82) is 5.41 Å².